The van der Waals surface area contributed by atoms with Crippen molar-refractivity contribution in [2.75, 3.05) is 13.2 Å². The number of ether oxygens (including phenoxy) is 2. The van der Waals surface area contributed by atoms with Crippen molar-refractivity contribution in [3.8, 4) is 17.2 Å². The quantitative estimate of drug-likeness (QED) is 0.907. The van der Waals surface area contributed by atoms with Crippen LogP contribution in [0.5, 0.6) is 17.2 Å². The highest BCUT2D eigenvalue weighted by Gasteiger charge is 2.14. The molecule has 1 aliphatic heterocycles. The van der Waals surface area contributed by atoms with E-state index in [1.165, 1.54) is 12.8 Å². The number of hydrogen-bond donors (Lipinski definition) is 1. The smallest absolute Gasteiger partial charge is 0.145 e. The summed E-state index contributed by atoms with van der Waals surface area (Å²) >= 11 is 0. The fraction of sp³-hybridized carbons (Fsp3) is 0.312. The summed E-state index contributed by atoms with van der Waals surface area (Å²) in [6, 6.07) is 11.9. The van der Waals surface area contributed by atoms with Crippen LogP contribution in [-0.4, -0.2) is 24.2 Å². The Balaban J connectivity index is 1.54. The van der Waals surface area contributed by atoms with Gasteiger partial charge in [-0.3, -0.25) is 4.98 Å². The van der Waals surface area contributed by atoms with Crippen molar-refractivity contribution in [1.82, 2.24) is 10.3 Å². The van der Waals surface area contributed by atoms with E-state index in [9.17, 15) is 0 Å². The van der Waals surface area contributed by atoms with Gasteiger partial charge in [0, 0.05) is 12.2 Å². The predicted octanol–water partition coefficient (Wildman–Crippen LogP) is 3.00. The Hall–Kier alpha value is -2.07. The van der Waals surface area contributed by atoms with E-state index in [2.05, 4.69) is 10.3 Å². The molecule has 4 nitrogen and oxygen atoms in total. The van der Waals surface area contributed by atoms with E-state index in [4.69, 9.17) is 9.47 Å². The van der Waals surface area contributed by atoms with Crippen LogP contribution in [0.15, 0.2) is 48.8 Å². The average molecular weight is 270 g/mol. The monoisotopic (exact) mass is 270 g/mol. The van der Waals surface area contributed by atoms with Crippen molar-refractivity contribution < 1.29 is 9.47 Å². The standard InChI is InChI=1S/C16H18N2O2/c1-3-13(18-10-1)12-19-14-5-7-15(8-6-14)20-16-4-2-9-17-11-16/h2,4-9,11,13,18H,1,3,10,12H2/t13-/m1/s1. The molecule has 1 aliphatic rings. The molecule has 104 valence electrons. The lowest BCUT2D eigenvalue weighted by Gasteiger charge is -2.12. The summed E-state index contributed by atoms with van der Waals surface area (Å²) < 4.78 is 11.4. The number of nitrogens with zero attached hydrogens (tertiary/aromatic N) is 1. The summed E-state index contributed by atoms with van der Waals surface area (Å²) in [7, 11) is 0. The van der Waals surface area contributed by atoms with E-state index >= 15 is 0 Å². The number of rotatable bonds is 5. The van der Waals surface area contributed by atoms with Gasteiger partial charge in [-0.25, -0.2) is 0 Å². The average Bonchev–Trinajstić information content (AvgIpc) is 3.01. The number of hydrogen-bond acceptors (Lipinski definition) is 4. The largest absolute Gasteiger partial charge is 0.492 e. The zero-order chi connectivity index (χ0) is 13.6. The topological polar surface area (TPSA) is 43.4 Å². The first-order chi connectivity index (χ1) is 9.90. The second kappa shape index (κ2) is 6.39. The van der Waals surface area contributed by atoms with E-state index in [1.54, 1.807) is 12.4 Å². The molecule has 3 rings (SSSR count). The van der Waals surface area contributed by atoms with Crippen molar-refractivity contribution in [2.24, 2.45) is 0 Å². The summed E-state index contributed by atoms with van der Waals surface area (Å²) in [6.07, 6.45) is 5.85. The van der Waals surface area contributed by atoms with Gasteiger partial charge in [0.25, 0.3) is 0 Å². The minimum Gasteiger partial charge on any atom is -0.492 e. The molecule has 1 fully saturated rings. The van der Waals surface area contributed by atoms with Crippen LogP contribution in [-0.2, 0) is 0 Å². The molecule has 0 amide bonds. The van der Waals surface area contributed by atoms with Crippen LogP contribution in [0.25, 0.3) is 0 Å². The summed E-state index contributed by atoms with van der Waals surface area (Å²) in [4.78, 5) is 4.02. The van der Waals surface area contributed by atoms with E-state index in [-0.39, 0.29) is 0 Å². The Kier molecular flexibility index (Phi) is 4.13. The van der Waals surface area contributed by atoms with Crippen LogP contribution < -0.4 is 14.8 Å². The molecule has 1 atom stereocenters. The highest BCUT2D eigenvalue weighted by molar-refractivity contribution is 5.34. The van der Waals surface area contributed by atoms with E-state index in [0.717, 1.165) is 30.4 Å². The van der Waals surface area contributed by atoms with Crippen molar-refractivity contribution in [3.05, 3.63) is 48.8 Å². The summed E-state index contributed by atoms with van der Waals surface area (Å²) in [5.41, 5.74) is 0. The van der Waals surface area contributed by atoms with Crippen molar-refractivity contribution in [3.63, 3.8) is 0 Å². The predicted molar refractivity (Wildman–Crippen MR) is 77.3 cm³/mol. The van der Waals surface area contributed by atoms with Crippen LogP contribution >= 0.6 is 0 Å². The highest BCUT2D eigenvalue weighted by atomic mass is 16.5. The third-order valence-electron chi connectivity index (χ3n) is 3.31. The fourth-order valence-electron chi connectivity index (χ4n) is 2.24. The number of aromatic nitrogens is 1. The Bertz CT molecular complexity index is 522. The molecule has 0 aliphatic carbocycles. The molecule has 1 saturated heterocycles. The summed E-state index contributed by atoms with van der Waals surface area (Å²) in [6.45, 7) is 1.83. The van der Waals surface area contributed by atoms with Crippen LogP contribution in [0.4, 0.5) is 0 Å². The molecule has 0 radical (unpaired) electrons. The third-order valence-corrected chi connectivity index (χ3v) is 3.31. The zero-order valence-corrected chi connectivity index (χ0v) is 11.3. The van der Waals surface area contributed by atoms with Gasteiger partial charge in [0.05, 0.1) is 6.20 Å². The minimum absolute atomic E-state index is 0.487. The van der Waals surface area contributed by atoms with Gasteiger partial charge >= 0.3 is 0 Å². The van der Waals surface area contributed by atoms with Gasteiger partial charge in [-0.15, -0.1) is 0 Å². The van der Waals surface area contributed by atoms with E-state index in [0.29, 0.717) is 6.04 Å². The number of pyridine rings is 1. The molecule has 1 aromatic carbocycles. The first-order valence-electron chi connectivity index (χ1n) is 6.94. The molecule has 1 aromatic heterocycles. The van der Waals surface area contributed by atoms with Gasteiger partial charge < -0.3 is 14.8 Å². The molecule has 20 heavy (non-hydrogen) atoms. The van der Waals surface area contributed by atoms with Gasteiger partial charge in [-0.1, -0.05) is 0 Å². The lowest BCUT2D eigenvalue weighted by Crippen LogP contribution is -2.28. The molecule has 0 spiro atoms. The Labute approximate surface area is 118 Å². The molecule has 0 bridgehead atoms. The van der Waals surface area contributed by atoms with Gasteiger partial charge in [-0.2, -0.15) is 0 Å². The molecular formula is C16H18N2O2. The van der Waals surface area contributed by atoms with Crippen molar-refractivity contribution >= 4 is 0 Å². The first kappa shape index (κ1) is 12.9. The maximum absolute atomic E-state index is 5.76. The maximum atomic E-state index is 5.76. The number of nitrogens with one attached hydrogen (secondary N) is 1. The molecule has 0 unspecified atom stereocenters. The Morgan fingerprint density at radius 1 is 1.10 bits per heavy atom. The summed E-state index contributed by atoms with van der Waals surface area (Å²) in [5, 5.41) is 3.41. The highest BCUT2D eigenvalue weighted by Crippen LogP contribution is 2.23. The molecule has 2 aromatic rings. The third kappa shape index (κ3) is 3.48. The van der Waals surface area contributed by atoms with Crippen LogP contribution in [0.3, 0.4) is 0 Å². The van der Waals surface area contributed by atoms with Crippen LogP contribution in [0.2, 0.25) is 0 Å². The van der Waals surface area contributed by atoms with E-state index in [1.807, 2.05) is 36.4 Å². The van der Waals surface area contributed by atoms with E-state index < -0.39 is 0 Å². The molecular weight excluding hydrogens is 252 g/mol. The normalized spacial score (nSPS) is 17.9. The SMILES string of the molecule is c1cncc(Oc2ccc(OC[C@H]3CCCN3)cc2)c1. The first-order valence-corrected chi connectivity index (χ1v) is 6.94. The van der Waals surface area contributed by atoms with Crippen LogP contribution in [0.1, 0.15) is 12.8 Å². The lowest BCUT2D eigenvalue weighted by atomic mass is 10.2. The lowest BCUT2D eigenvalue weighted by molar-refractivity contribution is 0.277. The Morgan fingerprint density at radius 3 is 2.65 bits per heavy atom. The van der Waals surface area contributed by atoms with Crippen LogP contribution in [0, 0.1) is 0 Å². The molecule has 0 saturated carbocycles. The zero-order valence-electron chi connectivity index (χ0n) is 11.3. The second-order valence-corrected chi connectivity index (χ2v) is 4.87. The van der Waals surface area contributed by atoms with Gasteiger partial charge in [0.15, 0.2) is 0 Å². The Morgan fingerprint density at radius 2 is 1.95 bits per heavy atom. The maximum Gasteiger partial charge on any atom is 0.145 e. The molecule has 4 heteroatoms. The second-order valence-electron chi connectivity index (χ2n) is 4.87. The van der Waals surface area contributed by atoms with Gasteiger partial charge in [-0.05, 0) is 55.8 Å². The fourth-order valence-corrected chi connectivity index (χ4v) is 2.24. The number of benzene rings is 1. The van der Waals surface area contributed by atoms with Crippen molar-refractivity contribution in [1.29, 1.82) is 0 Å². The molecule has 1 N–H and O–H groups in total. The molecule has 2 heterocycles. The van der Waals surface area contributed by atoms with Crippen molar-refractivity contribution in [2.45, 2.75) is 18.9 Å². The van der Waals surface area contributed by atoms with Gasteiger partial charge in [0.1, 0.15) is 23.9 Å². The minimum atomic E-state index is 0.487. The van der Waals surface area contributed by atoms with Gasteiger partial charge in [0.2, 0.25) is 0 Å². The summed E-state index contributed by atoms with van der Waals surface area (Å²) in [5.74, 6) is 2.39.